The van der Waals surface area contributed by atoms with Crippen molar-refractivity contribution in [2.75, 3.05) is 13.1 Å². The first-order valence-electron chi connectivity index (χ1n) is 11.5. The van der Waals surface area contributed by atoms with E-state index in [-0.39, 0.29) is 37.2 Å². The highest BCUT2D eigenvalue weighted by molar-refractivity contribution is 7.13. The van der Waals surface area contributed by atoms with Gasteiger partial charge in [0.05, 0.1) is 22.2 Å². The van der Waals surface area contributed by atoms with Crippen molar-refractivity contribution in [2.24, 2.45) is 0 Å². The third kappa shape index (κ3) is 4.69. The van der Waals surface area contributed by atoms with Crippen LogP contribution in [0.3, 0.4) is 0 Å². The summed E-state index contributed by atoms with van der Waals surface area (Å²) < 4.78 is 0. The maximum absolute atomic E-state index is 13.0. The molecule has 3 aromatic rings. The molecular weight excluding hydrogens is 464 g/mol. The van der Waals surface area contributed by atoms with Crippen LogP contribution in [0.1, 0.15) is 33.6 Å². The lowest BCUT2D eigenvalue weighted by molar-refractivity contribution is -0.139. The van der Waals surface area contributed by atoms with Crippen molar-refractivity contribution < 1.29 is 19.5 Å². The number of amides is 3. The van der Waals surface area contributed by atoms with Gasteiger partial charge in [-0.15, -0.1) is 11.3 Å². The normalized spacial score (nSPS) is 19.2. The largest absolute Gasteiger partial charge is 0.391 e. The van der Waals surface area contributed by atoms with Crippen molar-refractivity contribution in [3.8, 4) is 10.4 Å². The van der Waals surface area contributed by atoms with E-state index in [1.807, 2.05) is 48.8 Å². The highest BCUT2D eigenvalue weighted by Gasteiger charge is 2.40. The van der Waals surface area contributed by atoms with Gasteiger partial charge < -0.3 is 20.2 Å². The quantitative estimate of drug-likeness (QED) is 0.552. The van der Waals surface area contributed by atoms with Gasteiger partial charge in [-0.1, -0.05) is 42.5 Å². The Hall–Kier alpha value is -3.56. The number of aromatic nitrogens is 1. The second kappa shape index (κ2) is 9.59. The van der Waals surface area contributed by atoms with Crippen LogP contribution in [-0.4, -0.2) is 62.8 Å². The summed E-state index contributed by atoms with van der Waals surface area (Å²) >= 11 is 1.59. The molecule has 180 valence electrons. The molecule has 1 fully saturated rings. The fraction of sp³-hybridized carbons (Fsp3) is 0.308. The van der Waals surface area contributed by atoms with Crippen molar-refractivity contribution in [2.45, 2.75) is 38.6 Å². The Bertz CT molecular complexity index is 1270. The van der Waals surface area contributed by atoms with Gasteiger partial charge in [0.15, 0.2) is 0 Å². The van der Waals surface area contributed by atoms with Gasteiger partial charge in [-0.3, -0.25) is 14.4 Å². The molecule has 0 aliphatic carbocycles. The number of aryl methyl sites for hydroxylation is 1. The molecule has 0 bridgehead atoms. The molecule has 1 aromatic heterocycles. The second-order valence-electron chi connectivity index (χ2n) is 8.95. The SMILES string of the molecule is Cc1ncsc1-c1ccc(CNC(=O)C2CC(O)CN2C(=O)CN2Cc3ccccc3C2=O)cc1. The first-order chi connectivity index (χ1) is 16.9. The van der Waals surface area contributed by atoms with Gasteiger partial charge in [0.25, 0.3) is 5.91 Å². The van der Waals surface area contributed by atoms with Gasteiger partial charge in [-0.25, -0.2) is 4.98 Å². The van der Waals surface area contributed by atoms with E-state index >= 15 is 0 Å². The van der Waals surface area contributed by atoms with Gasteiger partial charge in [0, 0.05) is 31.6 Å². The molecule has 2 unspecified atom stereocenters. The molecule has 8 nitrogen and oxygen atoms in total. The van der Waals surface area contributed by atoms with Crippen molar-refractivity contribution in [1.82, 2.24) is 20.1 Å². The lowest BCUT2D eigenvalue weighted by Gasteiger charge is -2.26. The van der Waals surface area contributed by atoms with Gasteiger partial charge in [0.2, 0.25) is 11.8 Å². The Morgan fingerprint density at radius 3 is 2.66 bits per heavy atom. The summed E-state index contributed by atoms with van der Waals surface area (Å²) in [6, 6.07) is 14.4. The Morgan fingerprint density at radius 2 is 1.94 bits per heavy atom. The minimum Gasteiger partial charge on any atom is -0.391 e. The maximum atomic E-state index is 13.0. The molecule has 5 rings (SSSR count). The van der Waals surface area contributed by atoms with Crippen LogP contribution in [0.2, 0.25) is 0 Å². The number of thiazole rings is 1. The molecule has 2 atom stereocenters. The van der Waals surface area contributed by atoms with E-state index in [0.717, 1.165) is 27.3 Å². The van der Waals surface area contributed by atoms with Crippen LogP contribution in [0.4, 0.5) is 0 Å². The molecule has 1 saturated heterocycles. The average molecular weight is 491 g/mol. The minimum absolute atomic E-state index is 0.0782. The summed E-state index contributed by atoms with van der Waals surface area (Å²) in [7, 11) is 0. The Morgan fingerprint density at radius 1 is 1.17 bits per heavy atom. The summed E-state index contributed by atoms with van der Waals surface area (Å²) in [5.74, 6) is -0.841. The predicted octanol–water partition coefficient (Wildman–Crippen LogP) is 2.35. The van der Waals surface area contributed by atoms with E-state index in [1.54, 1.807) is 23.5 Å². The van der Waals surface area contributed by atoms with E-state index in [4.69, 9.17) is 0 Å². The Balaban J connectivity index is 1.19. The number of nitrogens with zero attached hydrogens (tertiary/aromatic N) is 3. The number of likely N-dealkylation sites (tertiary alicyclic amines) is 1. The summed E-state index contributed by atoms with van der Waals surface area (Å²) in [5, 5.41) is 13.1. The van der Waals surface area contributed by atoms with Gasteiger partial charge in [-0.05, 0) is 29.7 Å². The smallest absolute Gasteiger partial charge is 0.254 e. The zero-order valence-electron chi connectivity index (χ0n) is 19.3. The first-order valence-corrected chi connectivity index (χ1v) is 12.4. The zero-order chi connectivity index (χ0) is 24.5. The molecule has 2 aromatic carbocycles. The van der Waals surface area contributed by atoms with E-state index in [1.165, 1.54) is 9.80 Å². The molecule has 3 amide bonds. The Kier molecular flexibility index (Phi) is 6.36. The van der Waals surface area contributed by atoms with Crippen molar-refractivity contribution in [1.29, 1.82) is 0 Å². The lowest BCUT2D eigenvalue weighted by atomic mass is 10.1. The highest BCUT2D eigenvalue weighted by Crippen LogP contribution is 2.27. The number of aliphatic hydroxyl groups is 1. The monoisotopic (exact) mass is 490 g/mol. The highest BCUT2D eigenvalue weighted by atomic mass is 32.1. The summed E-state index contributed by atoms with van der Waals surface area (Å²) in [6.07, 6.45) is -0.599. The summed E-state index contributed by atoms with van der Waals surface area (Å²) in [5.41, 5.74) is 6.31. The summed E-state index contributed by atoms with van der Waals surface area (Å²) in [4.78, 5) is 46.9. The molecule has 2 aliphatic rings. The van der Waals surface area contributed by atoms with Crippen LogP contribution in [0.25, 0.3) is 10.4 Å². The zero-order valence-corrected chi connectivity index (χ0v) is 20.1. The van der Waals surface area contributed by atoms with Crippen LogP contribution in [0, 0.1) is 6.92 Å². The third-order valence-electron chi connectivity index (χ3n) is 6.55. The fourth-order valence-corrected chi connectivity index (χ4v) is 5.51. The maximum Gasteiger partial charge on any atom is 0.254 e. The van der Waals surface area contributed by atoms with Crippen LogP contribution in [-0.2, 0) is 22.7 Å². The molecule has 0 spiro atoms. The van der Waals surface area contributed by atoms with E-state index in [2.05, 4.69) is 10.3 Å². The molecule has 2 N–H and O–H groups in total. The molecular formula is C26H26N4O4S. The van der Waals surface area contributed by atoms with Gasteiger partial charge in [-0.2, -0.15) is 0 Å². The van der Waals surface area contributed by atoms with E-state index in [0.29, 0.717) is 18.7 Å². The topological polar surface area (TPSA) is 103 Å². The summed E-state index contributed by atoms with van der Waals surface area (Å²) in [6.45, 7) is 2.61. The van der Waals surface area contributed by atoms with E-state index in [9.17, 15) is 19.5 Å². The van der Waals surface area contributed by atoms with E-state index < -0.39 is 12.1 Å². The number of β-amino-alcohol motifs (C(OH)–C–C–N with tert-alkyl or cyclic N) is 1. The Labute approximate surface area is 207 Å². The van der Waals surface area contributed by atoms with Crippen molar-refractivity contribution in [3.63, 3.8) is 0 Å². The number of carbonyl (C=O) groups is 3. The number of nitrogens with one attached hydrogen (secondary N) is 1. The molecule has 9 heteroatoms. The first kappa shape index (κ1) is 23.2. The van der Waals surface area contributed by atoms with Crippen LogP contribution in [0.15, 0.2) is 54.0 Å². The van der Waals surface area contributed by atoms with Gasteiger partial charge >= 0.3 is 0 Å². The standard InChI is InChI=1S/C26H26N4O4S/c1-16-24(35-15-28-16)18-8-6-17(7-9-18)11-27-25(33)22-10-20(31)13-30(22)23(32)14-29-12-19-4-2-3-5-21(19)26(29)34/h2-9,15,20,22,31H,10-14H2,1H3,(H,27,33). The lowest BCUT2D eigenvalue weighted by Crippen LogP contribution is -2.49. The number of fused-ring (bicyclic) bond motifs is 1. The predicted molar refractivity (Wildman–Crippen MR) is 131 cm³/mol. The number of aliphatic hydroxyl groups excluding tert-OH is 1. The van der Waals surface area contributed by atoms with Crippen molar-refractivity contribution in [3.05, 3.63) is 76.4 Å². The number of carbonyl (C=O) groups excluding carboxylic acids is 3. The number of hydrogen-bond acceptors (Lipinski definition) is 6. The molecule has 0 saturated carbocycles. The third-order valence-corrected chi connectivity index (χ3v) is 7.53. The number of benzene rings is 2. The van der Waals surface area contributed by atoms with Crippen LogP contribution >= 0.6 is 11.3 Å². The second-order valence-corrected chi connectivity index (χ2v) is 9.81. The molecule has 3 heterocycles. The fourth-order valence-electron chi connectivity index (χ4n) is 4.69. The molecule has 0 radical (unpaired) electrons. The van der Waals surface area contributed by atoms with Gasteiger partial charge in [0.1, 0.15) is 12.6 Å². The number of hydrogen-bond donors (Lipinski definition) is 2. The van der Waals surface area contributed by atoms with Crippen LogP contribution in [0.5, 0.6) is 0 Å². The minimum atomic E-state index is -0.775. The molecule has 35 heavy (non-hydrogen) atoms. The van der Waals surface area contributed by atoms with Crippen LogP contribution < -0.4 is 5.32 Å². The molecule has 2 aliphatic heterocycles. The van der Waals surface area contributed by atoms with Crippen molar-refractivity contribution >= 4 is 29.1 Å². The average Bonchev–Trinajstić information content (AvgIpc) is 3.55. The number of rotatable bonds is 6.